The Morgan fingerprint density at radius 3 is 2.50 bits per heavy atom. The zero-order valence-corrected chi connectivity index (χ0v) is 8.93. The van der Waals surface area contributed by atoms with Gasteiger partial charge >= 0.3 is 5.69 Å². The standard InChI is InChI=1S/C8H14N4OS/c1-11-4-2-6(3-5-11)12-7(13)9-10-8(12)14/h6H,2-5H2,1H3,(H,9,13)(H,10,14). The molecule has 0 aromatic carbocycles. The summed E-state index contributed by atoms with van der Waals surface area (Å²) in [5, 5.41) is 5.18. The second-order valence-electron chi connectivity index (χ2n) is 3.76. The first-order valence-corrected chi connectivity index (χ1v) is 5.17. The van der Waals surface area contributed by atoms with E-state index in [2.05, 4.69) is 22.1 Å². The van der Waals surface area contributed by atoms with Crippen molar-refractivity contribution < 1.29 is 0 Å². The average Bonchev–Trinajstić information content (AvgIpc) is 2.49. The quantitative estimate of drug-likeness (QED) is 0.669. The van der Waals surface area contributed by atoms with Crippen LogP contribution >= 0.6 is 12.2 Å². The van der Waals surface area contributed by atoms with E-state index >= 15 is 0 Å². The van der Waals surface area contributed by atoms with Gasteiger partial charge in [0.15, 0.2) is 4.77 Å². The van der Waals surface area contributed by atoms with E-state index in [0.717, 1.165) is 25.9 Å². The topological polar surface area (TPSA) is 56.8 Å². The fraction of sp³-hybridized carbons (Fsp3) is 0.750. The molecule has 1 aromatic rings. The number of nitrogens with one attached hydrogen (secondary N) is 2. The van der Waals surface area contributed by atoms with Crippen molar-refractivity contribution in [2.24, 2.45) is 0 Å². The Morgan fingerprint density at radius 1 is 1.36 bits per heavy atom. The van der Waals surface area contributed by atoms with Gasteiger partial charge in [0.2, 0.25) is 0 Å². The molecular formula is C8H14N4OS. The fourth-order valence-corrected chi connectivity index (χ4v) is 2.19. The average molecular weight is 214 g/mol. The highest BCUT2D eigenvalue weighted by molar-refractivity contribution is 7.71. The molecule has 0 amide bonds. The van der Waals surface area contributed by atoms with E-state index < -0.39 is 0 Å². The van der Waals surface area contributed by atoms with E-state index in [1.165, 1.54) is 0 Å². The molecule has 0 radical (unpaired) electrons. The lowest BCUT2D eigenvalue weighted by molar-refractivity contribution is 0.218. The van der Waals surface area contributed by atoms with Gasteiger partial charge in [-0.15, -0.1) is 0 Å². The third kappa shape index (κ3) is 1.67. The molecule has 5 nitrogen and oxygen atoms in total. The second kappa shape index (κ2) is 3.70. The highest BCUT2D eigenvalue weighted by Gasteiger charge is 2.20. The molecule has 0 atom stereocenters. The van der Waals surface area contributed by atoms with Crippen molar-refractivity contribution in [3.8, 4) is 0 Å². The lowest BCUT2D eigenvalue weighted by Gasteiger charge is -2.28. The first-order valence-electron chi connectivity index (χ1n) is 4.76. The number of aromatic nitrogens is 3. The van der Waals surface area contributed by atoms with Gasteiger partial charge < -0.3 is 4.90 Å². The number of likely N-dealkylation sites (tertiary alicyclic amines) is 1. The molecule has 2 N–H and O–H groups in total. The van der Waals surface area contributed by atoms with Gasteiger partial charge in [-0.1, -0.05) is 0 Å². The molecule has 2 heterocycles. The normalized spacial score (nSPS) is 20.1. The molecule has 1 saturated heterocycles. The minimum Gasteiger partial charge on any atom is -0.306 e. The maximum atomic E-state index is 11.4. The van der Waals surface area contributed by atoms with E-state index in [1.807, 2.05) is 0 Å². The Bertz CT molecular complexity index is 382. The summed E-state index contributed by atoms with van der Waals surface area (Å²) in [5.41, 5.74) is -0.121. The monoisotopic (exact) mass is 214 g/mol. The summed E-state index contributed by atoms with van der Waals surface area (Å²) in [7, 11) is 2.09. The number of hydrogen-bond acceptors (Lipinski definition) is 3. The molecule has 1 aliphatic heterocycles. The number of rotatable bonds is 1. The summed E-state index contributed by atoms with van der Waals surface area (Å²) in [6.07, 6.45) is 1.98. The van der Waals surface area contributed by atoms with Crippen LogP contribution in [0.4, 0.5) is 0 Å². The van der Waals surface area contributed by atoms with Gasteiger partial charge in [-0.25, -0.2) is 9.89 Å². The van der Waals surface area contributed by atoms with Crippen LogP contribution in [-0.4, -0.2) is 39.8 Å². The number of H-pyrrole nitrogens is 2. The van der Waals surface area contributed by atoms with Crippen LogP contribution in [0, 0.1) is 4.77 Å². The Kier molecular flexibility index (Phi) is 2.56. The van der Waals surface area contributed by atoms with Gasteiger partial charge in [0.25, 0.3) is 0 Å². The molecule has 0 bridgehead atoms. The van der Waals surface area contributed by atoms with Gasteiger partial charge in [0, 0.05) is 6.04 Å². The van der Waals surface area contributed by atoms with Crippen molar-refractivity contribution in [2.45, 2.75) is 18.9 Å². The maximum Gasteiger partial charge on any atom is 0.342 e. The third-order valence-corrected chi connectivity index (χ3v) is 3.07. The predicted octanol–water partition coefficient (Wildman–Crippen LogP) is 0.501. The molecule has 1 aromatic heterocycles. The van der Waals surface area contributed by atoms with Crippen LogP contribution in [0.2, 0.25) is 0 Å². The molecule has 6 heteroatoms. The van der Waals surface area contributed by atoms with Gasteiger partial charge in [-0.3, -0.25) is 9.67 Å². The van der Waals surface area contributed by atoms with Crippen LogP contribution in [0.15, 0.2) is 4.79 Å². The van der Waals surface area contributed by atoms with Crippen molar-refractivity contribution in [1.82, 2.24) is 19.7 Å². The van der Waals surface area contributed by atoms with Crippen molar-refractivity contribution >= 4 is 12.2 Å². The molecule has 1 aliphatic rings. The van der Waals surface area contributed by atoms with Crippen LogP contribution in [0.3, 0.4) is 0 Å². The first kappa shape index (κ1) is 9.67. The largest absolute Gasteiger partial charge is 0.342 e. The molecule has 0 spiro atoms. The van der Waals surface area contributed by atoms with E-state index in [-0.39, 0.29) is 11.7 Å². The van der Waals surface area contributed by atoms with Gasteiger partial charge in [0.1, 0.15) is 0 Å². The van der Waals surface area contributed by atoms with Crippen LogP contribution in [0.1, 0.15) is 18.9 Å². The summed E-state index contributed by atoms with van der Waals surface area (Å²) < 4.78 is 2.16. The zero-order valence-electron chi connectivity index (χ0n) is 8.12. The summed E-state index contributed by atoms with van der Waals surface area (Å²) in [5.74, 6) is 0. The molecule has 2 rings (SSSR count). The SMILES string of the molecule is CN1CCC(n2c(=O)[nH][nH]c2=S)CC1. The number of hydrogen-bond donors (Lipinski definition) is 2. The predicted molar refractivity (Wildman–Crippen MR) is 56.0 cm³/mol. The molecule has 0 saturated carbocycles. The second-order valence-corrected chi connectivity index (χ2v) is 4.15. The molecule has 78 valence electrons. The van der Waals surface area contributed by atoms with Crippen molar-refractivity contribution in [3.05, 3.63) is 15.3 Å². The van der Waals surface area contributed by atoms with Crippen molar-refractivity contribution in [1.29, 1.82) is 0 Å². The highest BCUT2D eigenvalue weighted by Crippen LogP contribution is 2.19. The Morgan fingerprint density at radius 2 is 2.00 bits per heavy atom. The van der Waals surface area contributed by atoms with Gasteiger partial charge in [-0.05, 0) is 45.2 Å². The van der Waals surface area contributed by atoms with E-state index in [4.69, 9.17) is 12.2 Å². The molecular weight excluding hydrogens is 200 g/mol. The molecule has 0 aliphatic carbocycles. The summed E-state index contributed by atoms with van der Waals surface area (Å²) in [6.45, 7) is 2.05. The minimum atomic E-state index is -0.121. The Hall–Kier alpha value is -0.880. The summed E-state index contributed by atoms with van der Waals surface area (Å²) in [4.78, 5) is 13.7. The zero-order chi connectivity index (χ0) is 10.1. The van der Waals surface area contributed by atoms with Crippen LogP contribution in [0.25, 0.3) is 0 Å². The number of piperidine rings is 1. The summed E-state index contributed by atoms with van der Waals surface area (Å²) in [6, 6.07) is 0.258. The van der Waals surface area contributed by atoms with Crippen molar-refractivity contribution in [3.63, 3.8) is 0 Å². The first-order chi connectivity index (χ1) is 6.68. The number of nitrogens with zero attached hydrogens (tertiary/aromatic N) is 2. The summed E-state index contributed by atoms with van der Waals surface area (Å²) >= 11 is 5.05. The fourth-order valence-electron chi connectivity index (χ4n) is 1.90. The van der Waals surface area contributed by atoms with Gasteiger partial charge in [0.05, 0.1) is 0 Å². The van der Waals surface area contributed by atoms with Crippen molar-refractivity contribution in [2.75, 3.05) is 20.1 Å². The Labute approximate surface area is 86.7 Å². The molecule has 1 fully saturated rings. The van der Waals surface area contributed by atoms with Gasteiger partial charge in [-0.2, -0.15) is 0 Å². The Balaban J connectivity index is 2.24. The number of aromatic amines is 2. The molecule has 0 unspecified atom stereocenters. The minimum absolute atomic E-state index is 0.121. The maximum absolute atomic E-state index is 11.4. The lowest BCUT2D eigenvalue weighted by Crippen LogP contribution is -2.34. The van der Waals surface area contributed by atoms with Crippen LogP contribution < -0.4 is 5.69 Å². The van der Waals surface area contributed by atoms with Crippen LogP contribution in [0.5, 0.6) is 0 Å². The van der Waals surface area contributed by atoms with E-state index in [9.17, 15) is 4.79 Å². The lowest BCUT2D eigenvalue weighted by atomic mass is 10.1. The third-order valence-electron chi connectivity index (χ3n) is 2.77. The van der Waals surface area contributed by atoms with E-state index in [0.29, 0.717) is 4.77 Å². The smallest absolute Gasteiger partial charge is 0.306 e. The molecule has 14 heavy (non-hydrogen) atoms. The highest BCUT2D eigenvalue weighted by atomic mass is 32.1. The van der Waals surface area contributed by atoms with Crippen LogP contribution in [-0.2, 0) is 0 Å². The van der Waals surface area contributed by atoms with E-state index in [1.54, 1.807) is 4.57 Å².